The first-order valence-corrected chi connectivity index (χ1v) is 5.34. The van der Waals surface area contributed by atoms with E-state index in [1.807, 2.05) is 37.5 Å². The van der Waals surface area contributed by atoms with E-state index in [4.69, 9.17) is 11.6 Å². The summed E-state index contributed by atoms with van der Waals surface area (Å²) in [5, 5.41) is 0.579. The summed E-state index contributed by atoms with van der Waals surface area (Å²) in [6, 6.07) is 13.1. The Balaban J connectivity index is 2.73. The highest BCUT2D eigenvalue weighted by molar-refractivity contribution is 6.34. The van der Waals surface area contributed by atoms with Crippen molar-refractivity contribution in [3.05, 3.63) is 58.6 Å². The molecule has 0 fully saturated rings. The van der Waals surface area contributed by atoms with Crippen molar-refractivity contribution >= 4 is 17.9 Å². The molecule has 0 N–H and O–H groups in total. The Morgan fingerprint density at radius 2 is 1.81 bits per heavy atom. The normalized spacial score (nSPS) is 10.1. The van der Waals surface area contributed by atoms with Gasteiger partial charge < -0.3 is 0 Å². The summed E-state index contributed by atoms with van der Waals surface area (Å²) < 4.78 is 0. The second-order valence-corrected chi connectivity index (χ2v) is 3.99. The molecule has 2 rings (SSSR count). The Labute approximate surface area is 99.7 Å². The van der Waals surface area contributed by atoms with Crippen LogP contribution in [0, 0.1) is 6.92 Å². The van der Waals surface area contributed by atoms with Gasteiger partial charge in [0.25, 0.3) is 0 Å². The summed E-state index contributed by atoms with van der Waals surface area (Å²) in [5.74, 6) is 0. The number of aryl methyl sites for hydroxylation is 1. The maximum Gasteiger partial charge on any atom is 0.234 e. The molecule has 0 amide bonds. The molecule has 16 heavy (non-hydrogen) atoms. The van der Waals surface area contributed by atoms with Crippen LogP contribution in [-0.4, -0.2) is 6.29 Å². The Morgan fingerprint density at radius 1 is 1.06 bits per heavy atom. The maximum atomic E-state index is 10.9. The van der Waals surface area contributed by atoms with Gasteiger partial charge in [-0.05, 0) is 24.1 Å². The smallest absolute Gasteiger partial charge is 0.234 e. The fourth-order valence-electron chi connectivity index (χ4n) is 1.74. The van der Waals surface area contributed by atoms with Crippen molar-refractivity contribution in [2.45, 2.75) is 6.92 Å². The molecule has 1 nitrogen and oxygen atoms in total. The van der Waals surface area contributed by atoms with Gasteiger partial charge in [0.2, 0.25) is 6.29 Å². The third-order valence-electron chi connectivity index (χ3n) is 2.54. The molecule has 0 aliphatic carbocycles. The molecule has 79 valence electrons. The average Bonchev–Trinajstić information content (AvgIpc) is 2.30. The molecule has 1 radical (unpaired) electrons. The van der Waals surface area contributed by atoms with Crippen LogP contribution in [0.2, 0.25) is 5.02 Å². The van der Waals surface area contributed by atoms with Crippen LogP contribution in [0.5, 0.6) is 0 Å². The van der Waals surface area contributed by atoms with E-state index in [9.17, 15) is 4.79 Å². The molecule has 0 aromatic heterocycles. The van der Waals surface area contributed by atoms with Gasteiger partial charge in [0.05, 0.1) is 0 Å². The minimum atomic E-state index is 0.502. The van der Waals surface area contributed by atoms with Gasteiger partial charge in [-0.25, -0.2) is 0 Å². The zero-order valence-corrected chi connectivity index (χ0v) is 9.58. The van der Waals surface area contributed by atoms with Gasteiger partial charge in [0.15, 0.2) is 0 Å². The highest BCUT2D eigenvalue weighted by Gasteiger charge is 2.10. The van der Waals surface area contributed by atoms with Gasteiger partial charge >= 0.3 is 0 Å². The van der Waals surface area contributed by atoms with Crippen LogP contribution < -0.4 is 0 Å². The van der Waals surface area contributed by atoms with E-state index in [0.29, 0.717) is 10.6 Å². The van der Waals surface area contributed by atoms with Crippen LogP contribution in [0.15, 0.2) is 42.5 Å². The Kier molecular flexibility index (Phi) is 3.07. The first-order chi connectivity index (χ1) is 7.74. The minimum absolute atomic E-state index is 0.502. The van der Waals surface area contributed by atoms with Gasteiger partial charge in [-0.3, -0.25) is 4.79 Å². The molecular weight excluding hydrogens is 220 g/mol. The van der Waals surface area contributed by atoms with Crippen molar-refractivity contribution in [1.82, 2.24) is 0 Å². The second-order valence-electron chi connectivity index (χ2n) is 3.58. The molecule has 0 bridgehead atoms. The summed E-state index contributed by atoms with van der Waals surface area (Å²) >= 11 is 6.14. The summed E-state index contributed by atoms with van der Waals surface area (Å²) in [6.07, 6.45) is 1.93. The highest BCUT2D eigenvalue weighted by Crippen LogP contribution is 2.32. The van der Waals surface area contributed by atoms with Crippen molar-refractivity contribution in [2.75, 3.05) is 0 Å². The molecule has 0 aliphatic rings. The lowest BCUT2D eigenvalue weighted by molar-refractivity contribution is 0.563. The van der Waals surface area contributed by atoms with Gasteiger partial charge in [0, 0.05) is 16.1 Å². The monoisotopic (exact) mass is 229 g/mol. The number of halogens is 1. The van der Waals surface area contributed by atoms with Crippen LogP contribution in [0.3, 0.4) is 0 Å². The lowest BCUT2D eigenvalue weighted by Gasteiger charge is -2.09. The van der Waals surface area contributed by atoms with Crippen LogP contribution >= 0.6 is 11.6 Å². The summed E-state index contributed by atoms with van der Waals surface area (Å²) in [6.45, 7) is 1.99. The third kappa shape index (κ3) is 1.86. The van der Waals surface area contributed by atoms with Crippen LogP contribution in [-0.2, 0) is 4.79 Å². The SMILES string of the molecule is Cc1ccccc1-c1c(Cl)cccc1[C]=O. The standard InChI is InChI=1S/C14H10ClO/c1-10-5-2-3-7-12(10)14-11(9-16)6-4-8-13(14)15/h2-8H,1H3. The number of hydrogen-bond donors (Lipinski definition) is 0. The number of carbonyl (C=O) groups excluding carboxylic acids is 1. The fraction of sp³-hybridized carbons (Fsp3) is 0.0714. The van der Waals surface area contributed by atoms with Crippen molar-refractivity contribution in [1.29, 1.82) is 0 Å². The van der Waals surface area contributed by atoms with Crippen molar-refractivity contribution in [2.24, 2.45) is 0 Å². The Hall–Kier alpha value is -1.60. The van der Waals surface area contributed by atoms with E-state index in [1.54, 1.807) is 18.2 Å². The predicted octanol–water partition coefficient (Wildman–Crippen LogP) is 3.77. The van der Waals surface area contributed by atoms with Crippen molar-refractivity contribution in [3.63, 3.8) is 0 Å². The van der Waals surface area contributed by atoms with E-state index in [-0.39, 0.29) is 0 Å². The molecule has 0 atom stereocenters. The topological polar surface area (TPSA) is 17.1 Å². The van der Waals surface area contributed by atoms with E-state index < -0.39 is 0 Å². The zero-order chi connectivity index (χ0) is 11.5. The fourth-order valence-corrected chi connectivity index (χ4v) is 2.01. The molecule has 0 saturated carbocycles. The minimum Gasteiger partial charge on any atom is -0.285 e. The van der Waals surface area contributed by atoms with Crippen LogP contribution in [0.1, 0.15) is 11.1 Å². The van der Waals surface area contributed by atoms with Gasteiger partial charge in [0.1, 0.15) is 0 Å². The van der Waals surface area contributed by atoms with E-state index in [2.05, 4.69) is 0 Å². The summed E-state index contributed by atoms with van der Waals surface area (Å²) in [4.78, 5) is 10.9. The third-order valence-corrected chi connectivity index (χ3v) is 2.85. The summed E-state index contributed by atoms with van der Waals surface area (Å²) in [5.41, 5.74) is 3.33. The largest absolute Gasteiger partial charge is 0.285 e. The molecule has 0 saturated heterocycles. The average molecular weight is 230 g/mol. The Bertz CT molecular complexity index is 532. The first kappa shape index (κ1) is 10.9. The quantitative estimate of drug-likeness (QED) is 0.766. The molecule has 2 aromatic carbocycles. The molecule has 0 aliphatic heterocycles. The molecule has 2 heteroatoms. The van der Waals surface area contributed by atoms with Gasteiger partial charge in [-0.15, -0.1) is 0 Å². The summed E-state index contributed by atoms with van der Waals surface area (Å²) in [7, 11) is 0. The van der Waals surface area contributed by atoms with Crippen molar-refractivity contribution in [3.8, 4) is 11.1 Å². The van der Waals surface area contributed by atoms with E-state index in [1.165, 1.54) is 0 Å². The number of benzene rings is 2. The number of rotatable bonds is 2. The molecule has 0 heterocycles. The van der Waals surface area contributed by atoms with E-state index >= 15 is 0 Å². The van der Waals surface area contributed by atoms with Gasteiger partial charge in [-0.1, -0.05) is 48.0 Å². The molecule has 2 aromatic rings. The van der Waals surface area contributed by atoms with E-state index in [0.717, 1.165) is 16.7 Å². The second kappa shape index (κ2) is 4.50. The first-order valence-electron chi connectivity index (χ1n) is 4.96. The maximum absolute atomic E-state index is 10.9. The van der Waals surface area contributed by atoms with Crippen molar-refractivity contribution < 1.29 is 4.79 Å². The zero-order valence-electron chi connectivity index (χ0n) is 8.83. The Morgan fingerprint density at radius 3 is 2.50 bits per heavy atom. The van der Waals surface area contributed by atoms with Crippen LogP contribution in [0.4, 0.5) is 0 Å². The molecule has 0 unspecified atom stereocenters. The molecular formula is C14H10ClO. The highest BCUT2D eigenvalue weighted by atomic mass is 35.5. The van der Waals surface area contributed by atoms with Crippen LogP contribution in [0.25, 0.3) is 11.1 Å². The number of hydrogen-bond acceptors (Lipinski definition) is 1. The lowest BCUT2D eigenvalue weighted by atomic mass is 9.96. The van der Waals surface area contributed by atoms with Gasteiger partial charge in [-0.2, -0.15) is 0 Å². The molecule has 0 spiro atoms. The lowest BCUT2D eigenvalue weighted by Crippen LogP contribution is -1.91. The predicted molar refractivity (Wildman–Crippen MR) is 66.4 cm³/mol.